The van der Waals surface area contributed by atoms with Crippen LogP contribution in [-0.4, -0.2) is 42.0 Å². The first-order valence-corrected chi connectivity index (χ1v) is 10.4. The number of nitrogens with zero attached hydrogens (tertiary/aromatic N) is 1. The van der Waals surface area contributed by atoms with Crippen LogP contribution in [0.25, 0.3) is 0 Å². The maximum absolute atomic E-state index is 13.1. The molecule has 3 amide bonds. The molecule has 0 aromatic heterocycles. The highest BCUT2D eigenvalue weighted by Crippen LogP contribution is 2.34. The number of likely N-dealkylation sites (N-methyl/N-ethyl adjacent to an activating group) is 1. The van der Waals surface area contributed by atoms with E-state index >= 15 is 0 Å². The lowest BCUT2D eigenvalue weighted by Gasteiger charge is -2.38. The van der Waals surface area contributed by atoms with Gasteiger partial charge in [0.1, 0.15) is 0 Å². The number of benzene rings is 1. The van der Waals surface area contributed by atoms with Crippen LogP contribution in [0.5, 0.6) is 0 Å². The molecule has 0 saturated heterocycles. The molecule has 1 aromatic carbocycles. The predicted molar refractivity (Wildman–Crippen MR) is 108 cm³/mol. The second-order valence-electron chi connectivity index (χ2n) is 8.31. The number of amides is 3. The van der Waals surface area contributed by atoms with Gasteiger partial charge in [0.15, 0.2) is 0 Å². The highest BCUT2D eigenvalue weighted by atomic mass is 19.4. The van der Waals surface area contributed by atoms with Gasteiger partial charge in [0.2, 0.25) is 5.91 Å². The van der Waals surface area contributed by atoms with Crippen molar-refractivity contribution in [2.75, 3.05) is 12.4 Å². The van der Waals surface area contributed by atoms with Crippen molar-refractivity contribution in [3.05, 3.63) is 29.8 Å². The highest BCUT2D eigenvalue weighted by Gasteiger charge is 2.36. The molecule has 2 aliphatic rings. The Morgan fingerprint density at radius 2 is 1.73 bits per heavy atom. The summed E-state index contributed by atoms with van der Waals surface area (Å²) in [5.41, 5.74) is 5.06. The molecule has 30 heavy (non-hydrogen) atoms. The largest absolute Gasteiger partial charge is 0.418 e. The first kappa shape index (κ1) is 22.4. The van der Waals surface area contributed by atoms with Crippen LogP contribution in [0.2, 0.25) is 0 Å². The van der Waals surface area contributed by atoms with E-state index in [1.165, 1.54) is 18.2 Å². The molecule has 166 valence electrons. The van der Waals surface area contributed by atoms with Crippen LogP contribution in [0.1, 0.15) is 50.5 Å². The molecule has 0 spiro atoms. The van der Waals surface area contributed by atoms with Gasteiger partial charge in [0, 0.05) is 19.1 Å². The number of nitrogens with two attached hydrogens (primary N) is 1. The van der Waals surface area contributed by atoms with Gasteiger partial charge in [-0.05, 0) is 63.0 Å². The summed E-state index contributed by atoms with van der Waals surface area (Å²) in [4.78, 5) is 26.6. The van der Waals surface area contributed by atoms with Crippen molar-refractivity contribution >= 4 is 17.6 Å². The first-order valence-electron chi connectivity index (χ1n) is 10.4. The number of nitrogens with one attached hydrogen (secondary N) is 2. The Kier molecular flexibility index (Phi) is 6.90. The van der Waals surface area contributed by atoms with E-state index in [-0.39, 0.29) is 23.6 Å². The fraction of sp³-hybridized carbons (Fsp3) is 0.619. The predicted octanol–water partition coefficient (Wildman–Crippen LogP) is 3.72. The lowest BCUT2D eigenvalue weighted by Crippen LogP contribution is -2.52. The van der Waals surface area contributed by atoms with E-state index in [1.807, 2.05) is 7.05 Å². The molecule has 6 nitrogen and oxygen atoms in total. The minimum atomic E-state index is -4.54. The van der Waals surface area contributed by atoms with E-state index in [2.05, 4.69) is 10.6 Å². The molecule has 1 atom stereocenters. The van der Waals surface area contributed by atoms with Crippen LogP contribution < -0.4 is 16.4 Å². The van der Waals surface area contributed by atoms with E-state index in [0.717, 1.165) is 25.3 Å². The van der Waals surface area contributed by atoms with E-state index in [0.29, 0.717) is 31.7 Å². The summed E-state index contributed by atoms with van der Waals surface area (Å²) in [6.07, 6.45) is 1.29. The molecular weight excluding hydrogens is 397 g/mol. The van der Waals surface area contributed by atoms with Crippen LogP contribution in [-0.2, 0) is 11.0 Å². The van der Waals surface area contributed by atoms with Gasteiger partial charge in [-0.2, -0.15) is 13.2 Å². The second-order valence-corrected chi connectivity index (χ2v) is 8.31. The summed E-state index contributed by atoms with van der Waals surface area (Å²) in [5.74, 6) is 0.0182. The van der Waals surface area contributed by atoms with Crippen molar-refractivity contribution in [2.24, 2.45) is 11.7 Å². The summed E-state index contributed by atoms with van der Waals surface area (Å²) in [7, 11) is 1.81. The summed E-state index contributed by atoms with van der Waals surface area (Å²) < 4.78 is 39.2. The highest BCUT2D eigenvalue weighted by molar-refractivity contribution is 5.90. The zero-order chi connectivity index (χ0) is 21.9. The van der Waals surface area contributed by atoms with Crippen molar-refractivity contribution in [2.45, 2.75) is 69.2 Å². The topological polar surface area (TPSA) is 87.5 Å². The Balaban J connectivity index is 1.48. The molecule has 4 N–H and O–H groups in total. The average Bonchev–Trinajstić information content (AvgIpc) is 2.65. The normalized spacial score (nSPS) is 23.2. The number of anilines is 1. The quantitative estimate of drug-likeness (QED) is 0.671. The number of urea groups is 1. The van der Waals surface area contributed by atoms with Crippen molar-refractivity contribution in [3.8, 4) is 0 Å². The van der Waals surface area contributed by atoms with Crippen molar-refractivity contribution in [3.63, 3.8) is 0 Å². The number of alkyl halides is 3. The third kappa shape index (κ3) is 5.24. The minimum Gasteiger partial charge on any atom is -0.341 e. The van der Waals surface area contributed by atoms with E-state index in [4.69, 9.17) is 5.73 Å². The standard InChI is InChI=1S/C21H29F3N4O2/c1-28(15-5-4-6-15)19(29)18(25)13-9-11-14(12-10-13)26-20(30)27-17-8-3-2-7-16(17)21(22,23)24/h2-3,7-8,13-15,18H,4-6,9-12,25H2,1H3,(H2,26,27,30)/t13?,14?,18-/m0/s1. The number of carbonyl (C=O) groups is 2. The van der Waals surface area contributed by atoms with Gasteiger partial charge < -0.3 is 21.3 Å². The molecule has 2 aliphatic carbocycles. The molecule has 0 unspecified atom stereocenters. The zero-order valence-electron chi connectivity index (χ0n) is 17.0. The number of hydrogen-bond acceptors (Lipinski definition) is 3. The summed E-state index contributed by atoms with van der Waals surface area (Å²) in [5, 5.41) is 5.04. The van der Waals surface area contributed by atoms with Gasteiger partial charge in [-0.1, -0.05) is 12.1 Å². The first-order chi connectivity index (χ1) is 14.2. The maximum Gasteiger partial charge on any atom is 0.418 e. The lowest BCUT2D eigenvalue weighted by molar-refractivity contribution is -0.137. The molecule has 0 radical (unpaired) electrons. The molecular formula is C21H29F3N4O2. The Morgan fingerprint density at radius 1 is 1.10 bits per heavy atom. The number of carbonyl (C=O) groups excluding carboxylic acids is 2. The fourth-order valence-electron chi connectivity index (χ4n) is 4.20. The van der Waals surface area contributed by atoms with Gasteiger partial charge >= 0.3 is 12.2 Å². The van der Waals surface area contributed by atoms with Crippen LogP contribution in [0.4, 0.5) is 23.7 Å². The van der Waals surface area contributed by atoms with Gasteiger partial charge in [-0.3, -0.25) is 4.79 Å². The molecule has 3 rings (SSSR count). The van der Waals surface area contributed by atoms with Crippen LogP contribution in [0.3, 0.4) is 0 Å². The maximum atomic E-state index is 13.1. The molecule has 9 heteroatoms. The Bertz CT molecular complexity index is 759. The molecule has 0 bridgehead atoms. The van der Waals surface area contributed by atoms with E-state index < -0.39 is 23.8 Å². The molecule has 2 fully saturated rings. The average molecular weight is 426 g/mol. The van der Waals surface area contributed by atoms with Crippen molar-refractivity contribution in [1.82, 2.24) is 10.2 Å². The Labute approximate surface area is 174 Å². The third-order valence-corrected chi connectivity index (χ3v) is 6.35. The smallest absolute Gasteiger partial charge is 0.341 e. The third-order valence-electron chi connectivity index (χ3n) is 6.35. The van der Waals surface area contributed by atoms with Gasteiger partial charge in [-0.15, -0.1) is 0 Å². The second kappa shape index (κ2) is 9.24. The number of para-hydroxylation sites is 1. The van der Waals surface area contributed by atoms with Crippen molar-refractivity contribution < 1.29 is 22.8 Å². The van der Waals surface area contributed by atoms with Gasteiger partial charge in [0.05, 0.1) is 17.3 Å². The summed E-state index contributed by atoms with van der Waals surface area (Å²) >= 11 is 0. The summed E-state index contributed by atoms with van der Waals surface area (Å²) in [6.45, 7) is 0. The van der Waals surface area contributed by atoms with Gasteiger partial charge in [0.25, 0.3) is 0 Å². The fourth-order valence-corrected chi connectivity index (χ4v) is 4.20. The number of rotatable bonds is 5. The monoisotopic (exact) mass is 426 g/mol. The van der Waals surface area contributed by atoms with Crippen molar-refractivity contribution in [1.29, 1.82) is 0 Å². The zero-order valence-corrected chi connectivity index (χ0v) is 17.0. The Hall–Kier alpha value is -2.29. The number of halogens is 3. The molecule has 0 heterocycles. The SMILES string of the molecule is CN(C(=O)[C@@H](N)C1CCC(NC(=O)Nc2ccccc2C(F)(F)F)CC1)C1CCC1. The van der Waals surface area contributed by atoms with E-state index in [9.17, 15) is 22.8 Å². The lowest BCUT2D eigenvalue weighted by atomic mass is 9.81. The summed E-state index contributed by atoms with van der Waals surface area (Å²) in [6, 6.07) is 3.79. The Morgan fingerprint density at radius 3 is 2.30 bits per heavy atom. The van der Waals surface area contributed by atoms with E-state index in [1.54, 1.807) is 4.90 Å². The van der Waals surface area contributed by atoms with Gasteiger partial charge in [-0.25, -0.2) is 4.79 Å². The number of hydrogen-bond donors (Lipinski definition) is 3. The van der Waals surface area contributed by atoms with Crippen LogP contribution in [0, 0.1) is 5.92 Å². The minimum absolute atomic E-state index is 0.0300. The molecule has 1 aromatic rings. The molecule has 0 aliphatic heterocycles. The van der Waals surface area contributed by atoms with Crippen LogP contribution >= 0.6 is 0 Å². The van der Waals surface area contributed by atoms with Crippen LogP contribution in [0.15, 0.2) is 24.3 Å². The molecule has 2 saturated carbocycles.